The number of benzene rings is 1. The molecule has 35 heavy (non-hydrogen) atoms. The first kappa shape index (κ1) is 26.0. The number of amides is 3. The first-order valence-corrected chi connectivity index (χ1v) is 13.5. The third-order valence-electron chi connectivity index (χ3n) is 8.05. The summed E-state index contributed by atoms with van der Waals surface area (Å²) in [6.45, 7) is 9.60. The van der Waals surface area contributed by atoms with Crippen LogP contribution in [0.5, 0.6) is 0 Å². The van der Waals surface area contributed by atoms with Gasteiger partial charge in [0.05, 0.1) is 0 Å². The molecule has 2 saturated heterocycles. The van der Waals surface area contributed by atoms with Crippen LogP contribution in [-0.4, -0.2) is 70.7 Å². The maximum atomic E-state index is 12.9. The monoisotopic (exact) mass is 502 g/mol. The molecule has 1 N–H and O–H groups in total. The van der Waals surface area contributed by atoms with Crippen LogP contribution in [-0.2, 0) is 20.9 Å². The second-order valence-corrected chi connectivity index (χ2v) is 11.0. The van der Waals surface area contributed by atoms with E-state index >= 15 is 0 Å². The quantitative estimate of drug-likeness (QED) is 0.632. The summed E-state index contributed by atoms with van der Waals surface area (Å²) in [5.41, 5.74) is 2.82. The number of halogens is 1. The second-order valence-electron chi connectivity index (χ2n) is 10.6. The van der Waals surface area contributed by atoms with Gasteiger partial charge in [-0.1, -0.05) is 24.4 Å². The van der Waals surface area contributed by atoms with Crippen molar-refractivity contribution in [2.24, 2.45) is 5.92 Å². The van der Waals surface area contributed by atoms with Gasteiger partial charge in [0.15, 0.2) is 0 Å². The highest BCUT2D eigenvalue weighted by atomic mass is 35.5. The highest BCUT2D eigenvalue weighted by Crippen LogP contribution is 2.30. The van der Waals surface area contributed by atoms with Crippen molar-refractivity contribution in [1.29, 1.82) is 0 Å². The fraction of sp³-hybridized carbons (Fsp3) is 0.667. The van der Waals surface area contributed by atoms with Gasteiger partial charge in [-0.15, -0.1) is 0 Å². The van der Waals surface area contributed by atoms with E-state index in [0.29, 0.717) is 17.4 Å². The van der Waals surface area contributed by atoms with Crippen LogP contribution < -0.4 is 5.32 Å². The molecule has 2 aliphatic heterocycles. The average Bonchev–Trinajstić information content (AvgIpc) is 3.49. The summed E-state index contributed by atoms with van der Waals surface area (Å²) in [6.07, 6.45) is 6.52. The maximum Gasteiger partial charge on any atom is 0.226 e. The van der Waals surface area contributed by atoms with E-state index in [0.717, 1.165) is 75.2 Å². The van der Waals surface area contributed by atoms with Crippen molar-refractivity contribution < 1.29 is 14.4 Å². The molecule has 4 rings (SSSR count). The lowest BCUT2D eigenvalue weighted by Gasteiger charge is -2.41. The van der Waals surface area contributed by atoms with E-state index in [4.69, 9.17) is 11.6 Å². The summed E-state index contributed by atoms with van der Waals surface area (Å²) < 4.78 is 0. The number of likely N-dealkylation sites (tertiary alicyclic amines) is 1. The molecular weight excluding hydrogens is 464 g/mol. The zero-order chi connectivity index (χ0) is 25.1. The van der Waals surface area contributed by atoms with Crippen LogP contribution in [0.2, 0.25) is 5.02 Å². The van der Waals surface area contributed by atoms with E-state index < -0.39 is 0 Å². The summed E-state index contributed by atoms with van der Waals surface area (Å²) >= 11 is 6.45. The zero-order valence-electron chi connectivity index (χ0n) is 21.3. The van der Waals surface area contributed by atoms with E-state index in [-0.39, 0.29) is 29.8 Å². The Morgan fingerprint density at radius 1 is 1.03 bits per heavy atom. The van der Waals surface area contributed by atoms with E-state index in [1.165, 1.54) is 12.8 Å². The van der Waals surface area contributed by atoms with Gasteiger partial charge in [0, 0.05) is 74.8 Å². The summed E-state index contributed by atoms with van der Waals surface area (Å²) in [5, 5.41) is 3.64. The van der Waals surface area contributed by atoms with Crippen molar-refractivity contribution in [3.63, 3.8) is 0 Å². The number of rotatable bonds is 6. The van der Waals surface area contributed by atoms with Gasteiger partial charge in [0.2, 0.25) is 17.7 Å². The van der Waals surface area contributed by atoms with Gasteiger partial charge in [0.25, 0.3) is 0 Å². The summed E-state index contributed by atoms with van der Waals surface area (Å²) in [6, 6.07) is 3.93. The maximum absolute atomic E-state index is 12.9. The van der Waals surface area contributed by atoms with Crippen LogP contribution in [0, 0.1) is 12.8 Å². The number of carbonyl (C=O) groups excluding carboxylic acids is 3. The Hall–Kier alpha value is -2.12. The van der Waals surface area contributed by atoms with Crippen molar-refractivity contribution in [2.75, 3.05) is 31.5 Å². The molecule has 7 nitrogen and oxygen atoms in total. The van der Waals surface area contributed by atoms with Crippen molar-refractivity contribution >= 4 is 35.0 Å². The molecule has 192 valence electrons. The fourth-order valence-corrected chi connectivity index (χ4v) is 6.30. The number of nitrogens with one attached hydrogen (secondary N) is 1. The molecule has 0 aromatic heterocycles. The highest BCUT2D eigenvalue weighted by molar-refractivity contribution is 6.31. The molecule has 2 unspecified atom stereocenters. The van der Waals surface area contributed by atoms with Crippen molar-refractivity contribution in [1.82, 2.24) is 14.7 Å². The smallest absolute Gasteiger partial charge is 0.226 e. The van der Waals surface area contributed by atoms with E-state index in [1.807, 2.05) is 13.0 Å². The van der Waals surface area contributed by atoms with Gasteiger partial charge in [-0.3, -0.25) is 19.3 Å². The number of carbonyl (C=O) groups is 3. The third kappa shape index (κ3) is 6.18. The second kappa shape index (κ2) is 11.3. The van der Waals surface area contributed by atoms with Crippen molar-refractivity contribution in [3.8, 4) is 0 Å². The standard InChI is InChI=1S/C27H39ClN4O3/c1-18-16-30(11-12-31(18)27(35)21-7-4-5-8-21)17-22-13-23(28)14-25(19(22)2)29-26(34)15-24-9-6-10-32(24)20(3)33/h13-14,18,21,24H,4-12,15-17H2,1-3H3,(H,29,34). The van der Waals surface area contributed by atoms with Gasteiger partial charge in [0.1, 0.15) is 0 Å². The molecule has 8 heteroatoms. The SMILES string of the molecule is CC(=O)N1CCCC1CC(=O)Nc1cc(Cl)cc(CN2CCN(C(=O)C3CCCC3)C(C)C2)c1C. The highest BCUT2D eigenvalue weighted by Gasteiger charge is 2.33. The van der Waals surface area contributed by atoms with Gasteiger partial charge in [-0.05, 0) is 62.8 Å². The van der Waals surface area contributed by atoms with Crippen LogP contribution in [0.3, 0.4) is 0 Å². The fourth-order valence-electron chi connectivity index (χ4n) is 6.06. The van der Waals surface area contributed by atoms with Gasteiger partial charge in [-0.2, -0.15) is 0 Å². The Kier molecular flexibility index (Phi) is 8.38. The molecule has 1 aliphatic carbocycles. The molecular formula is C27H39ClN4O3. The van der Waals surface area contributed by atoms with Crippen LogP contribution in [0.25, 0.3) is 0 Å². The van der Waals surface area contributed by atoms with Crippen LogP contribution >= 0.6 is 11.6 Å². The zero-order valence-corrected chi connectivity index (χ0v) is 22.1. The minimum atomic E-state index is -0.0906. The lowest BCUT2D eigenvalue weighted by Crippen LogP contribution is -2.54. The summed E-state index contributed by atoms with van der Waals surface area (Å²) in [5.74, 6) is 0.495. The molecule has 1 aromatic rings. The summed E-state index contributed by atoms with van der Waals surface area (Å²) in [4.78, 5) is 43.8. The van der Waals surface area contributed by atoms with E-state index in [1.54, 1.807) is 17.9 Å². The Morgan fingerprint density at radius 2 is 1.77 bits per heavy atom. The molecule has 0 spiro atoms. The first-order chi connectivity index (χ1) is 16.7. The first-order valence-electron chi connectivity index (χ1n) is 13.1. The third-order valence-corrected chi connectivity index (χ3v) is 8.27. The van der Waals surface area contributed by atoms with Gasteiger partial charge < -0.3 is 15.1 Å². The largest absolute Gasteiger partial charge is 0.339 e. The number of piperazine rings is 1. The lowest BCUT2D eigenvalue weighted by molar-refractivity contribution is -0.140. The minimum Gasteiger partial charge on any atom is -0.339 e. The van der Waals surface area contributed by atoms with E-state index in [9.17, 15) is 14.4 Å². The predicted molar refractivity (Wildman–Crippen MR) is 138 cm³/mol. The lowest BCUT2D eigenvalue weighted by atomic mass is 10.0. The molecule has 1 saturated carbocycles. The number of nitrogens with zero attached hydrogens (tertiary/aromatic N) is 3. The summed E-state index contributed by atoms with van der Waals surface area (Å²) in [7, 11) is 0. The average molecular weight is 503 g/mol. The van der Waals surface area contributed by atoms with Crippen molar-refractivity contribution in [3.05, 3.63) is 28.3 Å². The molecule has 1 aromatic carbocycles. The van der Waals surface area contributed by atoms with Crippen molar-refractivity contribution in [2.45, 2.75) is 84.3 Å². The Bertz CT molecular complexity index is 962. The Labute approximate surface area is 214 Å². The molecule has 3 amide bonds. The Balaban J connectivity index is 1.37. The number of hydrogen-bond donors (Lipinski definition) is 1. The molecule has 3 fully saturated rings. The molecule has 3 aliphatic rings. The normalized spacial score (nSPS) is 23.7. The molecule has 0 bridgehead atoms. The van der Waals surface area contributed by atoms with E-state index in [2.05, 4.69) is 22.0 Å². The van der Waals surface area contributed by atoms with Gasteiger partial charge in [-0.25, -0.2) is 0 Å². The Morgan fingerprint density at radius 3 is 2.46 bits per heavy atom. The minimum absolute atomic E-state index is 0.0285. The molecule has 2 atom stereocenters. The van der Waals surface area contributed by atoms with Crippen LogP contribution in [0.4, 0.5) is 5.69 Å². The molecule has 2 heterocycles. The topological polar surface area (TPSA) is 73.0 Å². The van der Waals surface area contributed by atoms with Crippen LogP contribution in [0.1, 0.15) is 69.9 Å². The van der Waals surface area contributed by atoms with Crippen LogP contribution in [0.15, 0.2) is 12.1 Å². The van der Waals surface area contributed by atoms with Gasteiger partial charge >= 0.3 is 0 Å². The number of hydrogen-bond acceptors (Lipinski definition) is 4. The predicted octanol–water partition coefficient (Wildman–Crippen LogP) is 4.21. The number of anilines is 1. The molecule has 0 radical (unpaired) electrons.